The van der Waals surface area contributed by atoms with Crippen LogP contribution in [0.3, 0.4) is 0 Å². The van der Waals surface area contributed by atoms with E-state index in [-0.39, 0.29) is 0 Å². The van der Waals surface area contributed by atoms with Crippen LogP contribution in [0.2, 0.25) is 0 Å². The van der Waals surface area contributed by atoms with Gasteiger partial charge in [0.2, 0.25) is 0 Å². The zero-order chi connectivity index (χ0) is 13.6. The van der Waals surface area contributed by atoms with E-state index in [0.717, 1.165) is 40.9 Å². The van der Waals surface area contributed by atoms with Crippen molar-refractivity contribution in [2.24, 2.45) is 0 Å². The molecule has 2 N–H and O–H groups in total. The van der Waals surface area contributed by atoms with E-state index in [4.69, 9.17) is 5.73 Å². The minimum Gasteiger partial charge on any atom is -0.383 e. The summed E-state index contributed by atoms with van der Waals surface area (Å²) in [5, 5.41) is 0.965. The van der Waals surface area contributed by atoms with Crippen molar-refractivity contribution in [1.29, 1.82) is 0 Å². The second-order valence-electron chi connectivity index (χ2n) is 5.12. The molecule has 0 spiro atoms. The van der Waals surface area contributed by atoms with E-state index in [1.807, 2.05) is 0 Å². The summed E-state index contributed by atoms with van der Waals surface area (Å²) in [7, 11) is -0.643. The number of anilines is 1. The number of nitrogens with zero attached hydrogens (tertiary/aromatic N) is 3. The van der Waals surface area contributed by atoms with Gasteiger partial charge in [-0.15, -0.1) is 0 Å². The van der Waals surface area contributed by atoms with E-state index in [1.165, 1.54) is 12.0 Å². The Balaban J connectivity index is 2.16. The monoisotopic (exact) mass is 278 g/mol. The number of fused-ring (bicyclic) bond motifs is 1. The summed E-state index contributed by atoms with van der Waals surface area (Å²) >= 11 is 0. The Morgan fingerprint density at radius 2 is 2.00 bits per heavy atom. The molecular formula is C13H18N4OS. The minimum absolute atomic E-state index is 0.378. The number of aromatic nitrogens is 3. The Labute approximate surface area is 114 Å². The van der Waals surface area contributed by atoms with Crippen LogP contribution in [0.1, 0.15) is 30.1 Å². The van der Waals surface area contributed by atoms with Crippen molar-refractivity contribution in [2.45, 2.75) is 32.7 Å². The Bertz CT molecular complexity index is 654. The highest BCUT2D eigenvalue weighted by Gasteiger charge is 2.24. The molecule has 0 aromatic carbocycles. The summed E-state index contributed by atoms with van der Waals surface area (Å²) < 4.78 is 13.8. The van der Waals surface area contributed by atoms with E-state index >= 15 is 0 Å². The van der Waals surface area contributed by atoms with Gasteiger partial charge >= 0.3 is 0 Å². The highest BCUT2D eigenvalue weighted by atomic mass is 32.2. The van der Waals surface area contributed by atoms with Gasteiger partial charge in [0.1, 0.15) is 17.8 Å². The van der Waals surface area contributed by atoms with Crippen molar-refractivity contribution in [1.82, 2.24) is 14.5 Å². The molecule has 102 valence electrons. The molecule has 0 bridgehead atoms. The van der Waals surface area contributed by atoms with Crippen molar-refractivity contribution < 1.29 is 4.21 Å². The zero-order valence-corrected chi connectivity index (χ0v) is 12.0. The van der Waals surface area contributed by atoms with Crippen molar-refractivity contribution in [3.05, 3.63) is 17.6 Å². The number of rotatable bonds is 1. The van der Waals surface area contributed by atoms with Crippen molar-refractivity contribution >= 4 is 27.7 Å². The molecule has 3 rings (SSSR count). The van der Waals surface area contributed by atoms with Gasteiger partial charge in [0.05, 0.1) is 5.39 Å². The lowest BCUT2D eigenvalue weighted by molar-refractivity contribution is 0.464. The number of nitrogen functional groups attached to an aromatic ring is 1. The fourth-order valence-corrected chi connectivity index (χ4v) is 4.21. The van der Waals surface area contributed by atoms with E-state index in [2.05, 4.69) is 28.4 Å². The topological polar surface area (TPSA) is 73.8 Å². The molecule has 5 nitrogen and oxygen atoms in total. The third-order valence-corrected chi connectivity index (χ3v) is 5.47. The van der Waals surface area contributed by atoms with Crippen molar-refractivity contribution in [3.8, 4) is 0 Å². The third-order valence-electron chi connectivity index (χ3n) is 4.09. The molecule has 3 heterocycles. The Kier molecular flexibility index (Phi) is 3.05. The summed E-state index contributed by atoms with van der Waals surface area (Å²) in [6.07, 6.45) is 3.41. The molecule has 19 heavy (non-hydrogen) atoms. The normalized spacial score (nSPS) is 23.9. The summed E-state index contributed by atoms with van der Waals surface area (Å²) in [5.74, 6) is 2.11. The van der Waals surface area contributed by atoms with Crippen LogP contribution in [0.4, 0.5) is 5.82 Å². The summed E-state index contributed by atoms with van der Waals surface area (Å²) in [5.41, 5.74) is 9.24. The third kappa shape index (κ3) is 1.94. The maximum absolute atomic E-state index is 11.5. The van der Waals surface area contributed by atoms with Gasteiger partial charge in [0.15, 0.2) is 0 Å². The Morgan fingerprint density at radius 1 is 1.32 bits per heavy atom. The van der Waals surface area contributed by atoms with Gasteiger partial charge in [0, 0.05) is 34.0 Å². The van der Waals surface area contributed by atoms with Crippen LogP contribution in [0.15, 0.2) is 6.33 Å². The first-order chi connectivity index (χ1) is 9.09. The lowest BCUT2D eigenvalue weighted by Gasteiger charge is -2.25. The van der Waals surface area contributed by atoms with E-state index in [9.17, 15) is 4.21 Å². The molecule has 1 aliphatic heterocycles. The lowest BCUT2D eigenvalue weighted by Crippen LogP contribution is -2.22. The number of aryl methyl sites for hydroxylation is 1. The predicted molar refractivity (Wildman–Crippen MR) is 77.6 cm³/mol. The molecule has 0 radical (unpaired) electrons. The average Bonchev–Trinajstić information content (AvgIpc) is 2.65. The molecule has 1 saturated heterocycles. The Hall–Kier alpha value is -1.43. The van der Waals surface area contributed by atoms with Crippen LogP contribution in [-0.4, -0.2) is 30.2 Å². The standard InChI is InChI=1S/C13H18N4OS/c1-8-9(2)17(10-3-5-19(18)6-4-10)13-11(8)12(14)15-7-16-13/h7,10H,3-6H2,1-2H3,(H2,14,15,16). The Morgan fingerprint density at radius 3 is 2.68 bits per heavy atom. The van der Waals surface area contributed by atoms with Gasteiger partial charge in [0.25, 0.3) is 0 Å². The molecule has 6 heteroatoms. The molecule has 1 fully saturated rings. The number of hydrogen-bond acceptors (Lipinski definition) is 4. The maximum atomic E-state index is 11.5. The van der Waals surface area contributed by atoms with Crippen LogP contribution >= 0.6 is 0 Å². The summed E-state index contributed by atoms with van der Waals surface area (Å²) in [4.78, 5) is 8.50. The fraction of sp³-hybridized carbons (Fsp3) is 0.538. The van der Waals surface area contributed by atoms with E-state index < -0.39 is 10.8 Å². The SMILES string of the molecule is Cc1c(C)n(C2CCS(=O)CC2)c2ncnc(N)c12. The van der Waals surface area contributed by atoms with Gasteiger partial charge in [-0.05, 0) is 32.3 Å². The second-order valence-corrected chi connectivity index (χ2v) is 6.81. The largest absolute Gasteiger partial charge is 0.383 e. The maximum Gasteiger partial charge on any atom is 0.146 e. The quantitative estimate of drug-likeness (QED) is 0.862. The van der Waals surface area contributed by atoms with Crippen molar-refractivity contribution in [3.63, 3.8) is 0 Å². The van der Waals surface area contributed by atoms with Gasteiger partial charge < -0.3 is 10.3 Å². The molecule has 2 aromatic heterocycles. The van der Waals surface area contributed by atoms with Gasteiger partial charge in [-0.1, -0.05) is 0 Å². The molecule has 0 aliphatic carbocycles. The molecular weight excluding hydrogens is 260 g/mol. The van der Waals surface area contributed by atoms with Crippen LogP contribution in [0.25, 0.3) is 11.0 Å². The summed E-state index contributed by atoms with van der Waals surface area (Å²) in [6, 6.07) is 0.378. The second kappa shape index (κ2) is 4.59. The van der Waals surface area contributed by atoms with Gasteiger partial charge in [-0.2, -0.15) is 0 Å². The first kappa shape index (κ1) is 12.6. The smallest absolute Gasteiger partial charge is 0.146 e. The number of nitrogens with two attached hydrogens (primary N) is 1. The van der Waals surface area contributed by atoms with E-state index in [1.54, 1.807) is 0 Å². The molecule has 0 amide bonds. The van der Waals surface area contributed by atoms with Crippen LogP contribution in [-0.2, 0) is 10.8 Å². The van der Waals surface area contributed by atoms with Gasteiger partial charge in [-0.3, -0.25) is 4.21 Å². The lowest BCUT2D eigenvalue weighted by atomic mass is 10.1. The molecule has 0 unspecified atom stereocenters. The van der Waals surface area contributed by atoms with Crippen molar-refractivity contribution in [2.75, 3.05) is 17.2 Å². The average molecular weight is 278 g/mol. The molecule has 0 atom stereocenters. The minimum atomic E-state index is -0.643. The first-order valence-electron chi connectivity index (χ1n) is 6.52. The first-order valence-corrected chi connectivity index (χ1v) is 8.01. The number of hydrogen-bond donors (Lipinski definition) is 1. The van der Waals surface area contributed by atoms with E-state index in [0.29, 0.717) is 11.9 Å². The zero-order valence-electron chi connectivity index (χ0n) is 11.2. The predicted octanol–water partition coefficient (Wildman–Crippen LogP) is 1.71. The highest BCUT2D eigenvalue weighted by molar-refractivity contribution is 7.85. The van der Waals surface area contributed by atoms with Crippen LogP contribution < -0.4 is 5.73 Å². The van der Waals surface area contributed by atoms with Gasteiger partial charge in [-0.25, -0.2) is 9.97 Å². The molecule has 1 aliphatic rings. The molecule has 0 saturated carbocycles. The van der Waals surface area contributed by atoms with Crippen LogP contribution in [0.5, 0.6) is 0 Å². The fourth-order valence-electron chi connectivity index (χ4n) is 2.94. The van der Waals surface area contributed by atoms with Crippen LogP contribution in [0, 0.1) is 13.8 Å². The summed E-state index contributed by atoms with van der Waals surface area (Å²) in [6.45, 7) is 4.16. The highest BCUT2D eigenvalue weighted by Crippen LogP contribution is 2.33. The molecule has 2 aromatic rings.